The summed E-state index contributed by atoms with van der Waals surface area (Å²) in [4.78, 5) is 15.4. The molecule has 3 aromatic heterocycles. The van der Waals surface area contributed by atoms with E-state index in [1.165, 1.54) is 0 Å². The minimum atomic E-state index is 0.639. The van der Waals surface area contributed by atoms with E-state index in [1.807, 2.05) is 42.8 Å². The third-order valence-corrected chi connectivity index (χ3v) is 4.01. The average Bonchev–Trinajstić information content (AvgIpc) is 3.02. The molecule has 0 unspecified atom stereocenters. The second-order valence-electron chi connectivity index (χ2n) is 5.97. The highest BCUT2D eigenvalue weighted by Crippen LogP contribution is 2.25. The van der Waals surface area contributed by atoms with Crippen LogP contribution in [0.3, 0.4) is 0 Å². The number of aryl methyl sites for hydroxylation is 1. The van der Waals surface area contributed by atoms with Crippen LogP contribution in [0.4, 0.5) is 5.82 Å². The SMILES string of the molecule is Cc1cc2nc(-c3ccccc3)cc(N(C)Cc3cnccn3)n2n1. The van der Waals surface area contributed by atoms with E-state index >= 15 is 0 Å². The number of rotatable bonds is 4. The summed E-state index contributed by atoms with van der Waals surface area (Å²) in [5, 5.41) is 4.59. The highest BCUT2D eigenvalue weighted by molar-refractivity contribution is 5.67. The van der Waals surface area contributed by atoms with Gasteiger partial charge in [0.25, 0.3) is 0 Å². The van der Waals surface area contributed by atoms with Crippen LogP contribution in [0.1, 0.15) is 11.4 Å². The molecule has 6 nitrogen and oxygen atoms in total. The number of nitrogens with zero attached hydrogens (tertiary/aromatic N) is 6. The minimum Gasteiger partial charge on any atom is -0.354 e. The molecule has 4 rings (SSSR count). The molecule has 0 aliphatic rings. The summed E-state index contributed by atoms with van der Waals surface area (Å²) in [5.74, 6) is 0.961. The van der Waals surface area contributed by atoms with E-state index in [0.29, 0.717) is 6.54 Å². The highest BCUT2D eigenvalue weighted by atomic mass is 15.3. The van der Waals surface area contributed by atoms with Crippen molar-refractivity contribution in [3.8, 4) is 11.3 Å². The summed E-state index contributed by atoms with van der Waals surface area (Å²) in [7, 11) is 2.02. The van der Waals surface area contributed by atoms with E-state index in [1.54, 1.807) is 18.6 Å². The Hall–Kier alpha value is -3.28. The van der Waals surface area contributed by atoms with Gasteiger partial charge in [-0.15, -0.1) is 0 Å². The summed E-state index contributed by atoms with van der Waals surface area (Å²) in [6.07, 6.45) is 5.17. The van der Waals surface area contributed by atoms with E-state index in [9.17, 15) is 0 Å². The molecule has 25 heavy (non-hydrogen) atoms. The van der Waals surface area contributed by atoms with E-state index < -0.39 is 0 Å². The van der Waals surface area contributed by atoms with Crippen molar-refractivity contribution >= 4 is 11.5 Å². The van der Waals surface area contributed by atoms with E-state index in [0.717, 1.165) is 34.1 Å². The third kappa shape index (κ3) is 3.06. The van der Waals surface area contributed by atoms with Crippen LogP contribution in [-0.4, -0.2) is 31.6 Å². The molecule has 0 radical (unpaired) electrons. The maximum absolute atomic E-state index is 4.76. The third-order valence-electron chi connectivity index (χ3n) is 4.01. The van der Waals surface area contributed by atoms with Gasteiger partial charge in [-0.2, -0.15) is 9.61 Å². The lowest BCUT2D eigenvalue weighted by Gasteiger charge is -2.20. The van der Waals surface area contributed by atoms with Crippen LogP contribution >= 0.6 is 0 Å². The molecule has 0 spiro atoms. The van der Waals surface area contributed by atoms with Crippen molar-refractivity contribution in [1.82, 2.24) is 24.6 Å². The van der Waals surface area contributed by atoms with Gasteiger partial charge in [-0.05, 0) is 6.92 Å². The molecule has 0 fully saturated rings. The first-order valence-corrected chi connectivity index (χ1v) is 8.09. The van der Waals surface area contributed by atoms with Crippen LogP contribution in [0.5, 0.6) is 0 Å². The molecular formula is C19H18N6. The first-order chi connectivity index (χ1) is 12.2. The van der Waals surface area contributed by atoms with Crippen molar-refractivity contribution in [2.24, 2.45) is 0 Å². The maximum atomic E-state index is 4.76. The standard InChI is InChI=1S/C19H18N6/c1-14-10-18-22-17(15-6-4-3-5-7-15)11-19(25(18)23-14)24(2)13-16-12-20-8-9-21-16/h3-12H,13H2,1-2H3. The lowest BCUT2D eigenvalue weighted by Crippen LogP contribution is -2.21. The minimum absolute atomic E-state index is 0.639. The van der Waals surface area contributed by atoms with E-state index in [4.69, 9.17) is 4.98 Å². The average molecular weight is 330 g/mol. The predicted octanol–water partition coefficient (Wildman–Crippen LogP) is 3.13. The van der Waals surface area contributed by atoms with Crippen molar-refractivity contribution in [1.29, 1.82) is 0 Å². The fraction of sp³-hybridized carbons (Fsp3) is 0.158. The Balaban J connectivity index is 1.81. The predicted molar refractivity (Wildman–Crippen MR) is 97.3 cm³/mol. The molecule has 0 atom stereocenters. The highest BCUT2D eigenvalue weighted by Gasteiger charge is 2.13. The number of hydrogen-bond donors (Lipinski definition) is 0. The quantitative estimate of drug-likeness (QED) is 0.575. The number of fused-ring (bicyclic) bond motifs is 1. The van der Waals surface area contributed by atoms with Gasteiger partial charge in [-0.3, -0.25) is 9.97 Å². The number of hydrogen-bond acceptors (Lipinski definition) is 5. The smallest absolute Gasteiger partial charge is 0.158 e. The molecule has 0 aliphatic carbocycles. The Kier molecular flexibility index (Phi) is 3.85. The molecule has 0 amide bonds. The number of benzene rings is 1. The zero-order chi connectivity index (χ0) is 17.2. The van der Waals surface area contributed by atoms with Gasteiger partial charge >= 0.3 is 0 Å². The monoisotopic (exact) mass is 330 g/mol. The van der Waals surface area contributed by atoms with Crippen molar-refractivity contribution in [2.45, 2.75) is 13.5 Å². The zero-order valence-corrected chi connectivity index (χ0v) is 14.2. The van der Waals surface area contributed by atoms with Crippen LogP contribution in [0, 0.1) is 6.92 Å². The summed E-state index contributed by atoms with van der Waals surface area (Å²) in [5.41, 5.74) is 4.68. The Morgan fingerprint density at radius 2 is 1.92 bits per heavy atom. The van der Waals surface area contributed by atoms with Crippen molar-refractivity contribution in [3.05, 3.63) is 72.4 Å². The largest absolute Gasteiger partial charge is 0.354 e. The maximum Gasteiger partial charge on any atom is 0.158 e. The van der Waals surface area contributed by atoms with Crippen LogP contribution in [0.2, 0.25) is 0 Å². The summed E-state index contributed by atoms with van der Waals surface area (Å²) < 4.78 is 1.87. The molecule has 4 aromatic rings. The molecule has 0 saturated heterocycles. The Morgan fingerprint density at radius 3 is 2.68 bits per heavy atom. The summed E-state index contributed by atoms with van der Waals surface area (Å²) in [6.45, 7) is 2.61. The lowest BCUT2D eigenvalue weighted by molar-refractivity contribution is 0.807. The van der Waals surface area contributed by atoms with Crippen LogP contribution < -0.4 is 4.90 Å². The molecule has 0 saturated carbocycles. The number of anilines is 1. The van der Waals surface area contributed by atoms with Crippen LogP contribution in [-0.2, 0) is 6.54 Å². The molecule has 0 N–H and O–H groups in total. The second kappa shape index (κ2) is 6.32. The van der Waals surface area contributed by atoms with Gasteiger partial charge < -0.3 is 4.90 Å². The topological polar surface area (TPSA) is 59.2 Å². The Morgan fingerprint density at radius 1 is 1.08 bits per heavy atom. The van der Waals surface area contributed by atoms with Crippen LogP contribution in [0.25, 0.3) is 16.9 Å². The van der Waals surface area contributed by atoms with E-state index in [2.05, 4.69) is 38.2 Å². The molecule has 0 bridgehead atoms. The zero-order valence-electron chi connectivity index (χ0n) is 14.2. The number of aromatic nitrogens is 5. The molecule has 6 heteroatoms. The molecule has 0 aliphatic heterocycles. The fourth-order valence-electron chi connectivity index (χ4n) is 2.84. The van der Waals surface area contributed by atoms with Crippen LogP contribution in [0.15, 0.2) is 61.1 Å². The van der Waals surface area contributed by atoms with Gasteiger partial charge in [0.05, 0.1) is 29.8 Å². The molecular weight excluding hydrogens is 312 g/mol. The first-order valence-electron chi connectivity index (χ1n) is 8.09. The lowest BCUT2D eigenvalue weighted by atomic mass is 10.1. The Bertz CT molecular complexity index is 995. The van der Waals surface area contributed by atoms with Crippen molar-refractivity contribution in [2.75, 3.05) is 11.9 Å². The van der Waals surface area contributed by atoms with Gasteiger partial charge in [0.2, 0.25) is 0 Å². The normalized spacial score (nSPS) is 11.0. The van der Waals surface area contributed by atoms with Gasteiger partial charge in [-0.1, -0.05) is 30.3 Å². The second-order valence-corrected chi connectivity index (χ2v) is 5.97. The van der Waals surface area contributed by atoms with Crippen molar-refractivity contribution in [3.63, 3.8) is 0 Å². The summed E-state index contributed by atoms with van der Waals surface area (Å²) in [6, 6.07) is 14.2. The molecule has 3 heterocycles. The summed E-state index contributed by atoms with van der Waals surface area (Å²) >= 11 is 0. The Labute approximate surface area is 145 Å². The fourth-order valence-corrected chi connectivity index (χ4v) is 2.84. The van der Waals surface area contributed by atoms with Gasteiger partial charge in [0.15, 0.2) is 5.65 Å². The molecule has 1 aromatic carbocycles. The van der Waals surface area contributed by atoms with Gasteiger partial charge in [-0.25, -0.2) is 4.98 Å². The van der Waals surface area contributed by atoms with Crippen molar-refractivity contribution < 1.29 is 0 Å². The van der Waals surface area contributed by atoms with Gasteiger partial charge in [0, 0.05) is 37.1 Å². The van der Waals surface area contributed by atoms with E-state index in [-0.39, 0.29) is 0 Å². The molecule has 124 valence electrons. The van der Waals surface area contributed by atoms with Gasteiger partial charge in [0.1, 0.15) is 5.82 Å². The first kappa shape index (κ1) is 15.3.